The van der Waals surface area contributed by atoms with Crippen LogP contribution in [0.4, 0.5) is 10.1 Å². The van der Waals surface area contributed by atoms with Crippen molar-refractivity contribution < 1.29 is 14.0 Å². The number of carbonyl (C=O) groups excluding carboxylic acids is 1. The fraction of sp³-hybridized carbons (Fsp3) is 0.211. The highest BCUT2D eigenvalue weighted by Crippen LogP contribution is 2.25. The van der Waals surface area contributed by atoms with Gasteiger partial charge in [-0.15, -0.1) is 0 Å². The lowest BCUT2D eigenvalue weighted by Gasteiger charge is -2.20. The highest BCUT2D eigenvalue weighted by Gasteiger charge is 2.28. The Morgan fingerprint density at radius 3 is 2.83 bits per heavy atom. The zero-order valence-electron chi connectivity index (χ0n) is 15.8. The smallest absolute Gasteiger partial charge is 0.276 e. The molecule has 0 spiro atoms. The summed E-state index contributed by atoms with van der Waals surface area (Å²) in [6.45, 7) is 2.35. The number of hydroxylamine groups is 1. The molecular weight excluding hydrogens is 377 g/mol. The molecule has 1 N–H and O–H groups in total. The normalized spacial score (nSPS) is 15.7. The van der Waals surface area contributed by atoms with Crippen molar-refractivity contribution in [2.24, 2.45) is 12.0 Å². The standard InChI is InChI=1S/C19H18FN7O2/c1-3-27(12-5-4-7-21-9-12)19(28)15-11-23-17(26(15)2)16-24-18(29-25-16)13-6-8-22-10-14(13)20/h4-11,18H,3H2,1-2H3,(H,24,25). The largest absolute Gasteiger partial charge is 0.320 e. The van der Waals surface area contributed by atoms with Crippen LogP contribution in [0.5, 0.6) is 0 Å². The SMILES string of the molecule is CCN(C(=O)c1cnc(C2=NC(c3ccncc3F)ON2)n1C)c1cccnc1. The second kappa shape index (κ2) is 7.76. The van der Waals surface area contributed by atoms with E-state index >= 15 is 0 Å². The highest BCUT2D eigenvalue weighted by atomic mass is 19.1. The molecule has 4 rings (SSSR count). The molecule has 9 nitrogen and oxygen atoms in total. The molecule has 0 saturated carbocycles. The lowest BCUT2D eigenvalue weighted by Crippen LogP contribution is -2.32. The number of carbonyl (C=O) groups is 1. The Bertz CT molecular complexity index is 1070. The first-order valence-electron chi connectivity index (χ1n) is 8.93. The first-order valence-corrected chi connectivity index (χ1v) is 8.93. The van der Waals surface area contributed by atoms with Gasteiger partial charge in [0.15, 0.2) is 11.7 Å². The van der Waals surface area contributed by atoms with E-state index in [1.807, 2.05) is 13.0 Å². The molecule has 10 heteroatoms. The van der Waals surface area contributed by atoms with E-state index < -0.39 is 12.0 Å². The van der Waals surface area contributed by atoms with E-state index in [0.29, 0.717) is 29.6 Å². The second-order valence-corrected chi connectivity index (χ2v) is 6.23. The third kappa shape index (κ3) is 3.45. The molecular formula is C19H18FN7O2. The van der Waals surface area contributed by atoms with E-state index in [4.69, 9.17) is 4.84 Å². The maximum atomic E-state index is 13.9. The monoisotopic (exact) mass is 395 g/mol. The van der Waals surface area contributed by atoms with Gasteiger partial charge in [0.05, 0.1) is 24.3 Å². The number of amidine groups is 1. The lowest BCUT2D eigenvalue weighted by molar-refractivity contribution is 0.0353. The molecule has 0 aliphatic carbocycles. The number of imidazole rings is 1. The molecule has 0 fully saturated rings. The average Bonchev–Trinajstić information content (AvgIpc) is 3.36. The van der Waals surface area contributed by atoms with Gasteiger partial charge in [-0.25, -0.2) is 24.7 Å². The predicted molar refractivity (Wildman–Crippen MR) is 102 cm³/mol. The van der Waals surface area contributed by atoms with Crippen LogP contribution in [-0.2, 0) is 11.9 Å². The summed E-state index contributed by atoms with van der Waals surface area (Å²) in [5.74, 6) is -0.0437. The zero-order chi connectivity index (χ0) is 20.4. The number of amides is 1. The van der Waals surface area contributed by atoms with Gasteiger partial charge in [0.25, 0.3) is 5.91 Å². The lowest BCUT2D eigenvalue weighted by atomic mass is 10.2. The predicted octanol–water partition coefficient (Wildman–Crippen LogP) is 2.00. The minimum atomic E-state index is -0.869. The molecule has 148 valence electrons. The second-order valence-electron chi connectivity index (χ2n) is 6.23. The van der Waals surface area contributed by atoms with Crippen LogP contribution in [0, 0.1) is 5.82 Å². The number of nitrogens with one attached hydrogen (secondary N) is 1. The van der Waals surface area contributed by atoms with Gasteiger partial charge in [0.2, 0.25) is 6.23 Å². The van der Waals surface area contributed by atoms with E-state index in [2.05, 4.69) is 25.4 Å². The topological polar surface area (TPSA) is 97.5 Å². The van der Waals surface area contributed by atoms with Crippen LogP contribution >= 0.6 is 0 Å². The van der Waals surface area contributed by atoms with E-state index in [9.17, 15) is 9.18 Å². The van der Waals surface area contributed by atoms with Crippen molar-refractivity contribution in [3.8, 4) is 0 Å². The molecule has 0 aromatic carbocycles. The minimum Gasteiger partial charge on any atom is -0.320 e. The van der Waals surface area contributed by atoms with Crippen LogP contribution in [0.25, 0.3) is 0 Å². The average molecular weight is 395 g/mol. The number of hydrogen-bond donors (Lipinski definition) is 1. The summed E-state index contributed by atoms with van der Waals surface area (Å²) in [7, 11) is 1.71. The summed E-state index contributed by atoms with van der Waals surface area (Å²) in [5.41, 5.74) is 3.97. The Balaban J connectivity index is 1.61. The number of anilines is 1. The van der Waals surface area contributed by atoms with Gasteiger partial charge in [-0.05, 0) is 25.1 Å². The molecule has 0 radical (unpaired) electrons. The Kier molecular flexibility index (Phi) is 5.00. The van der Waals surface area contributed by atoms with Crippen LogP contribution in [0.2, 0.25) is 0 Å². The van der Waals surface area contributed by atoms with Crippen LogP contribution < -0.4 is 10.4 Å². The number of nitrogens with zero attached hydrogens (tertiary/aromatic N) is 6. The summed E-state index contributed by atoms with van der Waals surface area (Å²) >= 11 is 0. The van der Waals surface area contributed by atoms with Crippen LogP contribution in [0.1, 0.15) is 35.0 Å². The van der Waals surface area contributed by atoms with Crippen molar-refractivity contribution in [2.45, 2.75) is 13.2 Å². The van der Waals surface area contributed by atoms with Gasteiger partial charge in [0.1, 0.15) is 11.5 Å². The summed E-state index contributed by atoms with van der Waals surface area (Å²) in [6.07, 6.45) is 6.44. The highest BCUT2D eigenvalue weighted by molar-refractivity contribution is 6.06. The van der Waals surface area contributed by atoms with Crippen molar-refractivity contribution in [1.29, 1.82) is 0 Å². The van der Waals surface area contributed by atoms with Crippen LogP contribution in [0.3, 0.4) is 0 Å². The molecule has 1 amide bonds. The zero-order valence-corrected chi connectivity index (χ0v) is 15.8. The third-order valence-corrected chi connectivity index (χ3v) is 4.52. The molecule has 0 bridgehead atoms. The molecule has 3 aromatic rings. The summed E-state index contributed by atoms with van der Waals surface area (Å²) in [5, 5.41) is 0. The number of hydrogen-bond acceptors (Lipinski definition) is 7. The summed E-state index contributed by atoms with van der Waals surface area (Å²) < 4.78 is 15.5. The Labute approximate surface area is 165 Å². The van der Waals surface area contributed by atoms with Crippen molar-refractivity contribution in [3.63, 3.8) is 0 Å². The van der Waals surface area contributed by atoms with Gasteiger partial charge in [0, 0.05) is 31.5 Å². The van der Waals surface area contributed by atoms with Gasteiger partial charge in [-0.2, -0.15) is 0 Å². The Hall–Kier alpha value is -3.66. The minimum absolute atomic E-state index is 0.224. The maximum Gasteiger partial charge on any atom is 0.276 e. The molecule has 29 heavy (non-hydrogen) atoms. The molecule has 1 aliphatic heterocycles. The quantitative estimate of drug-likeness (QED) is 0.710. The van der Waals surface area contributed by atoms with E-state index in [-0.39, 0.29) is 11.5 Å². The fourth-order valence-corrected chi connectivity index (χ4v) is 3.03. The van der Waals surface area contributed by atoms with Gasteiger partial charge in [-0.3, -0.25) is 14.8 Å². The molecule has 0 saturated heterocycles. The molecule has 4 heterocycles. The first kappa shape index (κ1) is 18.7. The van der Waals surface area contributed by atoms with E-state index in [1.54, 1.807) is 35.0 Å². The summed E-state index contributed by atoms with van der Waals surface area (Å²) in [4.78, 5) is 36.4. The summed E-state index contributed by atoms with van der Waals surface area (Å²) in [6, 6.07) is 5.08. The van der Waals surface area contributed by atoms with Gasteiger partial charge >= 0.3 is 0 Å². The van der Waals surface area contributed by atoms with Crippen molar-refractivity contribution in [1.82, 2.24) is 25.0 Å². The van der Waals surface area contributed by atoms with E-state index in [1.165, 1.54) is 18.5 Å². The van der Waals surface area contributed by atoms with E-state index in [0.717, 1.165) is 6.20 Å². The van der Waals surface area contributed by atoms with Crippen molar-refractivity contribution >= 4 is 17.4 Å². The number of pyridine rings is 2. The Morgan fingerprint density at radius 2 is 2.10 bits per heavy atom. The molecule has 1 aliphatic rings. The van der Waals surface area contributed by atoms with Crippen molar-refractivity contribution in [2.75, 3.05) is 11.4 Å². The molecule has 1 unspecified atom stereocenters. The maximum absolute atomic E-state index is 13.9. The van der Waals surface area contributed by atoms with Crippen LogP contribution in [0.15, 0.2) is 54.2 Å². The number of rotatable bonds is 5. The number of aromatic nitrogens is 4. The first-order chi connectivity index (χ1) is 14.1. The van der Waals surface area contributed by atoms with Gasteiger partial charge in [-0.1, -0.05) is 0 Å². The Morgan fingerprint density at radius 1 is 1.28 bits per heavy atom. The van der Waals surface area contributed by atoms with Crippen molar-refractivity contribution in [3.05, 3.63) is 72.1 Å². The third-order valence-electron chi connectivity index (χ3n) is 4.52. The van der Waals surface area contributed by atoms with Crippen LogP contribution in [-0.4, -0.2) is 37.8 Å². The molecule has 1 atom stereocenters. The number of aliphatic imine (C=N–C) groups is 1. The molecule has 3 aromatic heterocycles. The number of halogens is 1. The van der Waals surface area contributed by atoms with Gasteiger partial charge < -0.3 is 9.47 Å². The fourth-order valence-electron chi connectivity index (χ4n) is 3.03.